The minimum absolute atomic E-state index is 0.751. The highest BCUT2D eigenvalue weighted by Gasteiger charge is 2.47. The summed E-state index contributed by atoms with van der Waals surface area (Å²) < 4.78 is 0. The molecule has 0 aromatic carbocycles. The van der Waals surface area contributed by atoms with Gasteiger partial charge in [-0.3, -0.25) is 4.90 Å². The highest BCUT2D eigenvalue weighted by molar-refractivity contribution is 5.01. The van der Waals surface area contributed by atoms with Crippen LogP contribution in [0.3, 0.4) is 0 Å². The van der Waals surface area contributed by atoms with Crippen molar-refractivity contribution in [3.05, 3.63) is 0 Å². The lowest BCUT2D eigenvalue weighted by Crippen LogP contribution is -2.43. The fourth-order valence-corrected chi connectivity index (χ4v) is 6.27. The maximum Gasteiger partial charge on any atom is 0.0132 e. The van der Waals surface area contributed by atoms with Crippen LogP contribution in [0.1, 0.15) is 110 Å². The van der Waals surface area contributed by atoms with Crippen LogP contribution in [0, 0.1) is 11.8 Å². The number of hydrogen-bond acceptors (Lipinski definition) is 1. The normalized spacial score (nSPS) is 38.2. The first-order valence-corrected chi connectivity index (χ1v) is 11.1. The molecule has 4 unspecified atom stereocenters. The zero-order valence-corrected chi connectivity index (χ0v) is 15.9. The molecular formula is C22H41N. The molecule has 2 aliphatic carbocycles. The standard InChI is InChI=1S/C22H41N/c1-18(2)23-21-16-12-8-4-3-6-10-14-19(21)20-15-11-7-5-9-13-17-22(20)23/h18-22H,3-17H2,1-2H3. The summed E-state index contributed by atoms with van der Waals surface area (Å²) in [5, 5.41) is 0. The van der Waals surface area contributed by atoms with Gasteiger partial charge in [0, 0.05) is 18.1 Å². The average molecular weight is 320 g/mol. The fraction of sp³-hybridized carbons (Fsp3) is 1.00. The van der Waals surface area contributed by atoms with Crippen molar-refractivity contribution in [1.82, 2.24) is 4.90 Å². The van der Waals surface area contributed by atoms with Gasteiger partial charge in [0.1, 0.15) is 0 Å². The second-order valence-electron chi connectivity index (χ2n) is 9.05. The van der Waals surface area contributed by atoms with Crippen molar-refractivity contribution in [2.75, 3.05) is 0 Å². The molecule has 1 heteroatoms. The van der Waals surface area contributed by atoms with E-state index in [-0.39, 0.29) is 0 Å². The molecule has 23 heavy (non-hydrogen) atoms. The topological polar surface area (TPSA) is 3.24 Å². The quantitative estimate of drug-likeness (QED) is 0.529. The van der Waals surface area contributed by atoms with E-state index in [0.29, 0.717) is 0 Å². The minimum atomic E-state index is 0.751. The van der Waals surface area contributed by atoms with Crippen LogP contribution in [0.25, 0.3) is 0 Å². The van der Waals surface area contributed by atoms with E-state index in [1.807, 2.05) is 0 Å². The zero-order valence-electron chi connectivity index (χ0n) is 15.9. The number of rotatable bonds is 1. The Morgan fingerprint density at radius 2 is 0.870 bits per heavy atom. The third-order valence-corrected chi connectivity index (χ3v) is 7.23. The molecule has 0 amide bonds. The lowest BCUT2D eigenvalue weighted by Gasteiger charge is -2.36. The molecule has 134 valence electrons. The van der Waals surface area contributed by atoms with Crippen LogP contribution >= 0.6 is 0 Å². The third kappa shape index (κ3) is 4.33. The molecule has 3 fully saturated rings. The molecule has 1 nitrogen and oxygen atoms in total. The van der Waals surface area contributed by atoms with E-state index in [1.165, 1.54) is 96.3 Å². The van der Waals surface area contributed by atoms with E-state index in [2.05, 4.69) is 18.7 Å². The maximum atomic E-state index is 3.03. The number of fused-ring (bicyclic) bond motifs is 3. The Hall–Kier alpha value is -0.0400. The summed E-state index contributed by atoms with van der Waals surface area (Å²) in [6.45, 7) is 4.95. The summed E-state index contributed by atoms with van der Waals surface area (Å²) in [7, 11) is 0. The van der Waals surface area contributed by atoms with E-state index in [9.17, 15) is 0 Å². The van der Waals surface area contributed by atoms with Gasteiger partial charge in [-0.2, -0.15) is 0 Å². The molecule has 1 saturated heterocycles. The molecule has 0 bridgehead atoms. The Labute approximate surface area is 145 Å². The van der Waals surface area contributed by atoms with Crippen molar-refractivity contribution < 1.29 is 0 Å². The van der Waals surface area contributed by atoms with Gasteiger partial charge >= 0.3 is 0 Å². The molecule has 3 aliphatic rings. The van der Waals surface area contributed by atoms with Crippen LogP contribution in [0.5, 0.6) is 0 Å². The molecule has 0 radical (unpaired) electrons. The summed E-state index contributed by atoms with van der Waals surface area (Å²) in [5.41, 5.74) is 0. The first-order chi connectivity index (χ1) is 11.3. The SMILES string of the molecule is CC(C)N1C2CCCCCCCCC2C2CCCCCCCC21. The molecule has 0 spiro atoms. The van der Waals surface area contributed by atoms with E-state index in [1.54, 1.807) is 0 Å². The van der Waals surface area contributed by atoms with Gasteiger partial charge in [0.2, 0.25) is 0 Å². The maximum absolute atomic E-state index is 3.03. The van der Waals surface area contributed by atoms with Crippen molar-refractivity contribution >= 4 is 0 Å². The van der Waals surface area contributed by atoms with Crippen LogP contribution in [0.15, 0.2) is 0 Å². The summed E-state index contributed by atoms with van der Waals surface area (Å²) in [6, 6.07) is 2.59. The molecular weight excluding hydrogens is 278 g/mol. The number of nitrogens with zero attached hydrogens (tertiary/aromatic N) is 1. The molecule has 3 rings (SSSR count). The molecule has 1 aliphatic heterocycles. The predicted octanol–water partition coefficient (Wildman–Crippen LogP) is 6.56. The molecule has 0 N–H and O–H groups in total. The van der Waals surface area contributed by atoms with E-state index in [0.717, 1.165) is 30.0 Å². The summed E-state index contributed by atoms with van der Waals surface area (Å²) >= 11 is 0. The summed E-state index contributed by atoms with van der Waals surface area (Å²) in [6.07, 6.45) is 22.5. The highest BCUT2D eigenvalue weighted by atomic mass is 15.2. The lowest BCUT2D eigenvalue weighted by atomic mass is 9.78. The van der Waals surface area contributed by atoms with Crippen LogP contribution in [-0.2, 0) is 0 Å². The second-order valence-corrected chi connectivity index (χ2v) is 9.05. The van der Waals surface area contributed by atoms with Crippen LogP contribution in [0.4, 0.5) is 0 Å². The Bertz CT molecular complexity index is 337. The number of hydrogen-bond donors (Lipinski definition) is 0. The number of likely N-dealkylation sites (tertiary alicyclic amines) is 1. The lowest BCUT2D eigenvalue weighted by molar-refractivity contribution is 0.115. The van der Waals surface area contributed by atoms with Gasteiger partial charge in [-0.25, -0.2) is 0 Å². The molecule has 0 aromatic rings. The fourth-order valence-electron chi connectivity index (χ4n) is 6.27. The van der Waals surface area contributed by atoms with Gasteiger partial charge < -0.3 is 0 Å². The van der Waals surface area contributed by atoms with Gasteiger partial charge in [-0.15, -0.1) is 0 Å². The van der Waals surface area contributed by atoms with Crippen LogP contribution < -0.4 is 0 Å². The van der Waals surface area contributed by atoms with Crippen LogP contribution in [0.2, 0.25) is 0 Å². The van der Waals surface area contributed by atoms with Crippen LogP contribution in [-0.4, -0.2) is 23.0 Å². The summed E-state index contributed by atoms with van der Waals surface area (Å²) in [4.78, 5) is 3.03. The van der Waals surface area contributed by atoms with E-state index >= 15 is 0 Å². The second kappa shape index (κ2) is 8.88. The Balaban J connectivity index is 1.81. The Morgan fingerprint density at radius 3 is 1.26 bits per heavy atom. The average Bonchev–Trinajstić information content (AvgIpc) is 2.88. The van der Waals surface area contributed by atoms with Crippen molar-refractivity contribution in [3.63, 3.8) is 0 Å². The van der Waals surface area contributed by atoms with Crippen molar-refractivity contribution in [1.29, 1.82) is 0 Å². The smallest absolute Gasteiger partial charge is 0.0132 e. The van der Waals surface area contributed by atoms with Gasteiger partial charge in [-0.05, 0) is 51.4 Å². The van der Waals surface area contributed by atoms with Crippen molar-refractivity contribution in [2.45, 2.75) is 128 Å². The molecule has 4 atom stereocenters. The Morgan fingerprint density at radius 1 is 0.522 bits per heavy atom. The third-order valence-electron chi connectivity index (χ3n) is 7.23. The predicted molar refractivity (Wildman–Crippen MR) is 101 cm³/mol. The van der Waals surface area contributed by atoms with E-state index in [4.69, 9.17) is 0 Å². The zero-order chi connectivity index (χ0) is 16.1. The van der Waals surface area contributed by atoms with Crippen molar-refractivity contribution in [3.8, 4) is 0 Å². The van der Waals surface area contributed by atoms with Crippen molar-refractivity contribution in [2.24, 2.45) is 11.8 Å². The molecule has 1 heterocycles. The summed E-state index contributed by atoms with van der Waals surface area (Å²) in [5.74, 6) is 2.05. The first kappa shape index (κ1) is 17.8. The largest absolute Gasteiger partial charge is 0.294 e. The van der Waals surface area contributed by atoms with E-state index < -0.39 is 0 Å². The van der Waals surface area contributed by atoms with Gasteiger partial charge in [0.05, 0.1) is 0 Å². The first-order valence-electron chi connectivity index (χ1n) is 11.1. The monoisotopic (exact) mass is 319 g/mol. The molecule has 2 saturated carbocycles. The van der Waals surface area contributed by atoms with Gasteiger partial charge in [0.15, 0.2) is 0 Å². The van der Waals surface area contributed by atoms with Gasteiger partial charge in [-0.1, -0.05) is 70.6 Å². The molecule has 0 aromatic heterocycles. The van der Waals surface area contributed by atoms with Gasteiger partial charge in [0.25, 0.3) is 0 Å². The highest BCUT2D eigenvalue weighted by Crippen LogP contribution is 2.46. The Kier molecular flexibility index (Phi) is 6.86. The minimum Gasteiger partial charge on any atom is -0.294 e.